The van der Waals surface area contributed by atoms with E-state index in [1.54, 1.807) is 60.9 Å². The average molecular weight is 883 g/mol. The van der Waals surface area contributed by atoms with Crippen LogP contribution in [0.15, 0.2) is 165 Å². The minimum absolute atomic E-state index is 0.00238. The number of fused-ring (bicyclic) bond motifs is 1. The predicted octanol–water partition coefficient (Wildman–Crippen LogP) is 4.96. The lowest BCUT2D eigenvalue weighted by Crippen LogP contribution is -2.14. The number of hydrogen-bond acceptors (Lipinski definition) is 16. The normalized spacial score (nSPS) is 11.6. The van der Waals surface area contributed by atoms with Gasteiger partial charge in [0.25, 0.3) is 20.0 Å². The summed E-state index contributed by atoms with van der Waals surface area (Å²) in [6.45, 7) is -0.116. The molecule has 0 aliphatic carbocycles. The molecule has 5 aromatic heterocycles. The number of benzene rings is 4. The van der Waals surface area contributed by atoms with Crippen LogP contribution in [-0.2, 0) is 33.3 Å². The maximum atomic E-state index is 12.9. The van der Waals surface area contributed by atoms with Crippen molar-refractivity contribution in [1.29, 1.82) is 0 Å². The molecule has 63 heavy (non-hydrogen) atoms. The van der Waals surface area contributed by atoms with Crippen LogP contribution in [0.1, 0.15) is 11.4 Å². The van der Waals surface area contributed by atoms with E-state index < -0.39 is 25.7 Å². The largest absolute Gasteiger partial charge is 0.487 e. The number of nitrogens with one attached hydrogen (secondary N) is 2. The summed E-state index contributed by atoms with van der Waals surface area (Å²) in [5, 5.41) is 17.3. The van der Waals surface area contributed by atoms with Gasteiger partial charge in [0.05, 0.1) is 38.9 Å². The van der Waals surface area contributed by atoms with Gasteiger partial charge < -0.3 is 13.9 Å². The van der Waals surface area contributed by atoms with E-state index in [0.29, 0.717) is 39.5 Å². The molecule has 0 aliphatic heterocycles. The summed E-state index contributed by atoms with van der Waals surface area (Å²) in [5.41, 5.74) is 2.87. The Kier molecular flexibility index (Phi) is 10.8. The van der Waals surface area contributed by atoms with E-state index >= 15 is 0 Å². The van der Waals surface area contributed by atoms with Gasteiger partial charge in [-0.05, 0) is 66.2 Å². The zero-order chi connectivity index (χ0) is 43.4. The van der Waals surface area contributed by atoms with Gasteiger partial charge in [-0.1, -0.05) is 40.8 Å². The lowest BCUT2D eigenvalue weighted by molar-refractivity contribution is 0.287. The van der Waals surface area contributed by atoms with E-state index in [0.717, 1.165) is 5.56 Å². The zero-order valence-electron chi connectivity index (χ0n) is 32.3. The molecule has 20 nitrogen and oxygen atoms in total. The Labute approximate surface area is 357 Å². The van der Waals surface area contributed by atoms with Crippen molar-refractivity contribution in [3.8, 4) is 34.0 Å². The van der Waals surface area contributed by atoms with Crippen LogP contribution in [0.2, 0.25) is 0 Å². The summed E-state index contributed by atoms with van der Waals surface area (Å²) in [5.74, 6) is 0.498. The van der Waals surface area contributed by atoms with Gasteiger partial charge in [-0.2, -0.15) is 0 Å². The minimum Gasteiger partial charge on any atom is -0.487 e. The van der Waals surface area contributed by atoms with Crippen molar-refractivity contribution in [2.75, 3.05) is 9.44 Å². The highest BCUT2D eigenvalue weighted by molar-refractivity contribution is 7.93. The number of rotatable bonds is 15. The van der Waals surface area contributed by atoms with Crippen molar-refractivity contribution in [1.82, 2.24) is 49.9 Å². The first kappa shape index (κ1) is 40.1. The Hall–Kier alpha value is -8.37. The van der Waals surface area contributed by atoms with E-state index in [4.69, 9.17) is 13.9 Å². The Morgan fingerprint density at radius 2 is 1.10 bits per heavy atom. The molecule has 22 heteroatoms. The highest BCUT2D eigenvalue weighted by atomic mass is 32.2. The van der Waals surface area contributed by atoms with Gasteiger partial charge in [-0.3, -0.25) is 0 Å². The van der Waals surface area contributed by atoms with Gasteiger partial charge in [0.1, 0.15) is 41.7 Å². The van der Waals surface area contributed by atoms with Crippen molar-refractivity contribution in [3.05, 3.63) is 168 Å². The third-order valence-corrected chi connectivity index (χ3v) is 11.8. The SMILES string of the molecule is O=c1cc(-c2ccccc2)c2c(OCc3cn(-c4ccc(S(=O)(=O)Nc5ncccn5)cc4)nn3)cc(OCc3cn(-c4ccc(S(=O)(=O)Nc5ncccn5)cc4)nn3)cc2o1. The third-order valence-electron chi connectivity index (χ3n) is 9.12. The fraction of sp³-hybridized carbons (Fsp3) is 0.0488. The van der Waals surface area contributed by atoms with Crippen LogP contribution in [0.3, 0.4) is 0 Å². The smallest absolute Gasteiger partial charge is 0.336 e. The molecule has 0 spiro atoms. The number of nitrogens with zero attached hydrogens (tertiary/aromatic N) is 10. The monoisotopic (exact) mass is 882 g/mol. The molecule has 0 amide bonds. The van der Waals surface area contributed by atoms with Crippen molar-refractivity contribution in [3.63, 3.8) is 0 Å². The van der Waals surface area contributed by atoms with Gasteiger partial charge in [0, 0.05) is 48.5 Å². The summed E-state index contributed by atoms with van der Waals surface area (Å²) in [4.78, 5) is 28.5. The Bertz CT molecular complexity index is 3340. The molecule has 0 unspecified atom stereocenters. The second-order valence-electron chi connectivity index (χ2n) is 13.4. The first-order chi connectivity index (χ1) is 30.6. The molecule has 0 saturated heterocycles. The second kappa shape index (κ2) is 16.9. The molecule has 9 rings (SSSR count). The summed E-state index contributed by atoms with van der Waals surface area (Å²) in [6.07, 6.45) is 8.96. The first-order valence-corrected chi connectivity index (χ1v) is 21.6. The molecule has 0 atom stereocenters. The average Bonchev–Trinajstić information content (AvgIpc) is 3.99. The number of sulfonamides is 2. The van der Waals surface area contributed by atoms with Crippen molar-refractivity contribution in [2.24, 2.45) is 0 Å². The molecule has 0 radical (unpaired) electrons. The van der Waals surface area contributed by atoms with Gasteiger partial charge in [-0.15, -0.1) is 10.2 Å². The fourth-order valence-corrected chi connectivity index (χ4v) is 8.11. The topological polar surface area (TPSA) is 254 Å². The van der Waals surface area contributed by atoms with Crippen LogP contribution >= 0.6 is 0 Å². The van der Waals surface area contributed by atoms with Gasteiger partial charge in [0.2, 0.25) is 11.9 Å². The summed E-state index contributed by atoms with van der Waals surface area (Å²) in [7, 11) is -7.88. The maximum Gasteiger partial charge on any atom is 0.336 e. The number of hydrogen-bond donors (Lipinski definition) is 2. The van der Waals surface area contributed by atoms with Crippen molar-refractivity contribution >= 4 is 42.9 Å². The van der Waals surface area contributed by atoms with Crippen molar-refractivity contribution in [2.45, 2.75) is 23.0 Å². The van der Waals surface area contributed by atoms with Crippen LogP contribution in [0.5, 0.6) is 11.5 Å². The highest BCUT2D eigenvalue weighted by Gasteiger charge is 2.20. The van der Waals surface area contributed by atoms with Crippen LogP contribution in [0, 0.1) is 0 Å². The van der Waals surface area contributed by atoms with Crippen molar-refractivity contribution < 1.29 is 30.7 Å². The molecule has 0 aliphatic rings. The predicted molar refractivity (Wildman–Crippen MR) is 225 cm³/mol. The van der Waals surface area contributed by atoms with Gasteiger partial charge >= 0.3 is 5.63 Å². The van der Waals surface area contributed by atoms with Crippen LogP contribution in [0.25, 0.3) is 33.5 Å². The van der Waals surface area contributed by atoms with E-state index in [2.05, 4.69) is 50.0 Å². The van der Waals surface area contributed by atoms with Crippen LogP contribution in [-0.4, -0.2) is 66.8 Å². The Balaban J connectivity index is 0.930. The molecular weight excluding hydrogens is 853 g/mol. The van der Waals surface area contributed by atoms with Gasteiger partial charge in [-0.25, -0.2) is 60.4 Å². The molecule has 4 aromatic carbocycles. The lowest BCUT2D eigenvalue weighted by Gasteiger charge is -2.14. The molecule has 9 aromatic rings. The standard InChI is InChI=1S/C41H30N12O8S2/c54-38-22-35(27-6-2-1-3-7-27)39-36(60-26-29-24-53(51-47-29)31-10-14-34(15-11-31)63(57,58)49-41-44-18-5-19-45-41)20-32(21-37(39)61-38)59-25-28-23-52(50-46-28)30-8-12-33(13-9-30)62(55,56)48-40-42-16-4-17-43-40/h1-24H,25-26H2,(H,42,43,48)(H,44,45,49). The molecule has 0 saturated carbocycles. The van der Waals surface area contributed by atoms with Gasteiger partial charge in [0.15, 0.2) is 0 Å². The number of ether oxygens (including phenoxy) is 2. The molecule has 0 fully saturated rings. The summed E-state index contributed by atoms with van der Waals surface area (Å²) in [6, 6.07) is 29.0. The Morgan fingerprint density at radius 3 is 1.62 bits per heavy atom. The van der Waals surface area contributed by atoms with E-state index in [1.165, 1.54) is 64.5 Å². The molecular formula is C41H30N12O8S2. The molecule has 2 N–H and O–H groups in total. The second-order valence-corrected chi connectivity index (χ2v) is 16.7. The fourth-order valence-electron chi connectivity index (χ4n) is 6.19. The van der Waals surface area contributed by atoms with Crippen LogP contribution in [0.4, 0.5) is 11.9 Å². The quantitative estimate of drug-likeness (QED) is 0.129. The summed E-state index contributed by atoms with van der Waals surface area (Å²) >= 11 is 0. The molecule has 314 valence electrons. The third kappa shape index (κ3) is 9.06. The minimum atomic E-state index is -3.95. The Morgan fingerprint density at radius 1 is 0.587 bits per heavy atom. The molecule has 0 bridgehead atoms. The molecule has 5 heterocycles. The maximum absolute atomic E-state index is 12.9. The summed E-state index contributed by atoms with van der Waals surface area (Å²) < 4.78 is 77.2. The first-order valence-electron chi connectivity index (χ1n) is 18.6. The number of aromatic nitrogens is 10. The van der Waals surface area contributed by atoms with E-state index in [9.17, 15) is 21.6 Å². The zero-order valence-corrected chi connectivity index (χ0v) is 34.0. The highest BCUT2D eigenvalue weighted by Crippen LogP contribution is 2.38. The van der Waals surface area contributed by atoms with Crippen LogP contribution < -0.4 is 24.5 Å². The van der Waals surface area contributed by atoms with E-state index in [1.807, 2.05) is 30.3 Å². The number of anilines is 2. The lowest BCUT2D eigenvalue weighted by atomic mass is 10.0. The van der Waals surface area contributed by atoms with E-state index in [-0.39, 0.29) is 46.2 Å².